The van der Waals surface area contributed by atoms with Crippen molar-refractivity contribution in [1.82, 2.24) is 0 Å². The Kier molecular flexibility index (Phi) is 2.68. The van der Waals surface area contributed by atoms with Crippen LogP contribution in [0.4, 0.5) is 0 Å². The minimum atomic E-state index is -0.0974. The van der Waals surface area contributed by atoms with Crippen LogP contribution in [0.15, 0.2) is 35.3 Å². The fraction of sp³-hybridized carbons (Fsp3) is 0.684. The van der Waals surface area contributed by atoms with Crippen molar-refractivity contribution in [3.8, 4) is 0 Å². The van der Waals surface area contributed by atoms with Crippen LogP contribution in [0.25, 0.3) is 0 Å². The molecule has 0 aromatic heterocycles. The molecule has 0 spiro atoms. The topological polar surface area (TPSA) is 46.2 Å². The minimum Gasteiger partial charge on any atom is -0.512 e. The van der Waals surface area contributed by atoms with E-state index in [9.17, 15) is 5.11 Å². The first-order valence-corrected chi connectivity index (χ1v) is 8.53. The average Bonchev–Trinajstić information content (AvgIpc) is 2.76. The second-order valence-corrected chi connectivity index (χ2v) is 8.02. The van der Waals surface area contributed by atoms with Gasteiger partial charge in [-0.25, -0.2) is 0 Å². The van der Waals surface area contributed by atoms with Crippen molar-refractivity contribution < 1.29 is 5.11 Å². The van der Waals surface area contributed by atoms with Gasteiger partial charge in [0.1, 0.15) is 0 Å². The van der Waals surface area contributed by atoms with Gasteiger partial charge in [0.05, 0.1) is 5.76 Å². The van der Waals surface area contributed by atoms with Crippen LogP contribution >= 0.6 is 0 Å². The number of aliphatic hydroxyl groups excluding tert-OH is 1. The lowest BCUT2D eigenvalue weighted by Gasteiger charge is -2.56. The zero-order valence-corrected chi connectivity index (χ0v) is 13.2. The molecule has 0 amide bonds. The van der Waals surface area contributed by atoms with E-state index in [1.54, 1.807) is 0 Å². The Hall–Kier alpha value is -1.18. The number of hydrogen-bond donors (Lipinski definition) is 2. The van der Waals surface area contributed by atoms with Gasteiger partial charge in [0.15, 0.2) is 0 Å². The molecule has 2 nitrogen and oxygen atoms in total. The van der Waals surface area contributed by atoms with Crippen molar-refractivity contribution in [2.75, 3.05) is 0 Å². The molecule has 3 N–H and O–H groups in total. The molecule has 0 aromatic carbocycles. The summed E-state index contributed by atoms with van der Waals surface area (Å²) < 4.78 is 0. The normalized spacial score (nSPS) is 48.5. The third kappa shape index (κ3) is 1.54. The SMILES string of the molecule is C[C@]12C(O)=CCCC1=CC[C@@H]1[C@@H]2CC[C@]2(C)C(N)=CC[C@@H]12. The molecule has 0 saturated heterocycles. The van der Waals surface area contributed by atoms with Gasteiger partial charge in [0, 0.05) is 16.5 Å². The zero-order valence-electron chi connectivity index (χ0n) is 13.2. The fourth-order valence-corrected chi connectivity index (χ4v) is 5.95. The molecule has 1 saturated carbocycles. The Morgan fingerprint density at radius 2 is 1.95 bits per heavy atom. The first-order chi connectivity index (χ1) is 9.98. The molecule has 0 radical (unpaired) electrons. The molecule has 0 bridgehead atoms. The summed E-state index contributed by atoms with van der Waals surface area (Å²) in [5, 5.41) is 10.6. The van der Waals surface area contributed by atoms with Crippen LogP contribution in [0.1, 0.15) is 52.4 Å². The number of aliphatic hydroxyl groups is 1. The largest absolute Gasteiger partial charge is 0.512 e. The van der Waals surface area contributed by atoms with Crippen LogP contribution in [-0.2, 0) is 0 Å². The molecule has 0 aliphatic heterocycles. The Morgan fingerprint density at radius 1 is 1.14 bits per heavy atom. The standard InChI is InChI=1S/C19H27NO/c1-18-11-10-15-13(14(18)8-9-16(18)20)7-6-12-4-3-5-17(21)19(12,15)2/h5-6,9,13-15,21H,3-4,7-8,10-11,20H2,1-2H3/t13-,14-,15-,18-,19-/m0/s1. The van der Waals surface area contributed by atoms with Gasteiger partial charge in [-0.2, -0.15) is 0 Å². The first kappa shape index (κ1) is 13.5. The second kappa shape index (κ2) is 4.18. The first-order valence-electron chi connectivity index (χ1n) is 8.53. The summed E-state index contributed by atoms with van der Waals surface area (Å²) in [7, 11) is 0. The van der Waals surface area contributed by atoms with E-state index < -0.39 is 0 Å². The van der Waals surface area contributed by atoms with Gasteiger partial charge in [0.25, 0.3) is 0 Å². The Morgan fingerprint density at radius 3 is 2.76 bits per heavy atom. The van der Waals surface area contributed by atoms with E-state index >= 15 is 0 Å². The Labute approximate surface area is 127 Å². The van der Waals surface area contributed by atoms with Crippen molar-refractivity contribution >= 4 is 0 Å². The summed E-state index contributed by atoms with van der Waals surface area (Å²) in [6.07, 6.45) is 13.6. The zero-order chi connectivity index (χ0) is 14.8. The molecule has 0 unspecified atom stereocenters. The number of hydrogen-bond acceptors (Lipinski definition) is 2. The number of nitrogens with two attached hydrogens (primary N) is 1. The predicted molar refractivity (Wildman–Crippen MR) is 85.5 cm³/mol. The lowest BCUT2D eigenvalue weighted by Crippen LogP contribution is -2.50. The van der Waals surface area contributed by atoms with E-state index in [1.165, 1.54) is 24.8 Å². The van der Waals surface area contributed by atoms with Crippen LogP contribution in [0.2, 0.25) is 0 Å². The van der Waals surface area contributed by atoms with Crippen molar-refractivity contribution in [2.45, 2.75) is 52.4 Å². The molecule has 4 aliphatic carbocycles. The summed E-state index contributed by atoms with van der Waals surface area (Å²) >= 11 is 0. The summed E-state index contributed by atoms with van der Waals surface area (Å²) in [5.41, 5.74) is 9.04. The molecule has 1 fully saturated rings. The highest BCUT2D eigenvalue weighted by Gasteiger charge is 2.57. The van der Waals surface area contributed by atoms with E-state index in [-0.39, 0.29) is 10.8 Å². The van der Waals surface area contributed by atoms with E-state index in [1.807, 2.05) is 0 Å². The van der Waals surface area contributed by atoms with Crippen LogP contribution < -0.4 is 5.73 Å². The highest BCUT2D eigenvalue weighted by molar-refractivity contribution is 5.35. The Balaban J connectivity index is 1.75. The third-order valence-electron chi connectivity index (χ3n) is 7.41. The maximum Gasteiger partial charge on any atom is 0.0985 e. The van der Waals surface area contributed by atoms with Crippen LogP contribution in [0.3, 0.4) is 0 Å². The molecular formula is C19H27NO. The molecule has 114 valence electrons. The van der Waals surface area contributed by atoms with Crippen LogP contribution in [0.5, 0.6) is 0 Å². The number of fused-ring (bicyclic) bond motifs is 5. The smallest absolute Gasteiger partial charge is 0.0985 e. The average molecular weight is 285 g/mol. The van der Waals surface area contributed by atoms with Gasteiger partial charge in [-0.15, -0.1) is 0 Å². The van der Waals surface area contributed by atoms with Crippen LogP contribution in [-0.4, -0.2) is 5.11 Å². The van der Waals surface area contributed by atoms with Gasteiger partial charge in [-0.05, 0) is 69.3 Å². The summed E-state index contributed by atoms with van der Waals surface area (Å²) in [4.78, 5) is 0. The van der Waals surface area contributed by atoms with Crippen LogP contribution in [0, 0.1) is 28.6 Å². The second-order valence-electron chi connectivity index (χ2n) is 8.02. The summed E-state index contributed by atoms with van der Waals surface area (Å²) in [5.74, 6) is 2.56. The van der Waals surface area contributed by atoms with Gasteiger partial charge >= 0.3 is 0 Å². The van der Waals surface area contributed by atoms with E-state index in [0.717, 1.165) is 25.0 Å². The highest BCUT2D eigenvalue weighted by Crippen LogP contribution is 2.64. The summed E-state index contributed by atoms with van der Waals surface area (Å²) in [6.45, 7) is 4.65. The summed E-state index contributed by atoms with van der Waals surface area (Å²) in [6, 6.07) is 0. The van der Waals surface area contributed by atoms with Gasteiger partial charge in [-0.3, -0.25) is 0 Å². The fourth-order valence-electron chi connectivity index (χ4n) is 5.95. The van der Waals surface area contributed by atoms with Gasteiger partial charge in [0.2, 0.25) is 0 Å². The molecule has 4 rings (SSSR count). The quantitative estimate of drug-likeness (QED) is 0.646. The third-order valence-corrected chi connectivity index (χ3v) is 7.41. The molecule has 0 heterocycles. The van der Waals surface area contributed by atoms with E-state index in [0.29, 0.717) is 23.5 Å². The number of rotatable bonds is 0. The predicted octanol–water partition coefficient (Wildman–Crippen LogP) is 4.45. The molecule has 4 aliphatic rings. The molecule has 5 atom stereocenters. The van der Waals surface area contributed by atoms with Crippen molar-refractivity contribution in [3.05, 3.63) is 35.3 Å². The molecular weight excluding hydrogens is 258 g/mol. The van der Waals surface area contributed by atoms with Gasteiger partial charge in [-0.1, -0.05) is 24.6 Å². The molecule has 2 heteroatoms. The maximum absolute atomic E-state index is 10.6. The minimum absolute atomic E-state index is 0.0974. The molecule has 0 aromatic rings. The van der Waals surface area contributed by atoms with E-state index in [2.05, 4.69) is 32.1 Å². The van der Waals surface area contributed by atoms with E-state index in [4.69, 9.17) is 5.73 Å². The van der Waals surface area contributed by atoms with Crippen molar-refractivity contribution in [2.24, 2.45) is 34.3 Å². The monoisotopic (exact) mass is 285 g/mol. The highest BCUT2D eigenvalue weighted by atomic mass is 16.3. The van der Waals surface area contributed by atoms with Crippen molar-refractivity contribution in [3.63, 3.8) is 0 Å². The lowest BCUT2D eigenvalue weighted by atomic mass is 9.48. The van der Waals surface area contributed by atoms with Crippen molar-refractivity contribution in [1.29, 1.82) is 0 Å². The van der Waals surface area contributed by atoms with Gasteiger partial charge < -0.3 is 10.8 Å². The maximum atomic E-state index is 10.6. The Bertz CT molecular complexity index is 572. The molecule has 21 heavy (non-hydrogen) atoms. The lowest BCUT2D eigenvalue weighted by molar-refractivity contribution is -0.0107. The number of allylic oxidation sites excluding steroid dienone is 5.